The molecule has 0 saturated carbocycles. The van der Waals surface area contributed by atoms with E-state index in [9.17, 15) is 39.6 Å². The van der Waals surface area contributed by atoms with Crippen LogP contribution in [0.3, 0.4) is 0 Å². The third-order valence-corrected chi connectivity index (χ3v) is 5.19. The van der Waals surface area contributed by atoms with Crippen molar-refractivity contribution in [1.82, 2.24) is 0 Å². The van der Waals surface area contributed by atoms with Crippen molar-refractivity contribution in [2.45, 2.75) is 0 Å². The van der Waals surface area contributed by atoms with Crippen LogP contribution in [0.4, 0.5) is 0 Å². The van der Waals surface area contributed by atoms with Crippen LogP contribution in [-0.4, -0.2) is 108 Å². The minimum Gasteiger partial charge on any atom is -0.867 e. The predicted molar refractivity (Wildman–Crippen MR) is 150 cm³/mol. The van der Waals surface area contributed by atoms with Crippen molar-refractivity contribution in [3.8, 4) is 69.0 Å². The Morgan fingerprint density at radius 2 is 0.440 bits per heavy atom. The Bertz CT molecular complexity index is 1510. The quantitative estimate of drug-likeness (QED) is 0.112. The van der Waals surface area contributed by atoms with E-state index in [1.807, 2.05) is 0 Å². The van der Waals surface area contributed by atoms with Gasteiger partial charge in [-0.1, -0.05) is 0 Å². The molecule has 0 aliphatic heterocycles. The molecule has 0 amide bonds. The number of hydrogen-bond donors (Lipinski definition) is 12. The van der Waals surface area contributed by atoms with Gasteiger partial charge in [0, 0.05) is 0 Å². The molecule has 4 rings (SSSR count). The molecule has 0 radical (unpaired) electrons. The normalized spacial score (nSPS) is 9.28. The Morgan fingerprint density at radius 1 is 0.340 bits per heavy atom. The summed E-state index contributed by atoms with van der Waals surface area (Å²) in [6, 6.07) is 6.26. The number of hydrogen-bond acceptors (Lipinski definition) is 16. The average Bonchev–Trinajstić information content (AvgIpc) is 2.99. The van der Waals surface area contributed by atoms with Crippen molar-refractivity contribution in [3.63, 3.8) is 0 Å². The van der Waals surface area contributed by atoms with E-state index in [1.54, 1.807) is 0 Å². The molecule has 0 saturated heterocycles. The van der Waals surface area contributed by atoms with Crippen LogP contribution in [0.15, 0.2) is 48.5 Å². The number of phenols is 8. The van der Waals surface area contributed by atoms with E-state index in [1.165, 1.54) is 0 Å². The van der Waals surface area contributed by atoms with E-state index >= 15 is 0 Å². The Morgan fingerprint density at radius 3 is 0.520 bits per heavy atom. The predicted octanol–water partition coefficient (Wildman–Crippen LogP) is -0.905. The molecule has 0 bridgehead atoms. The maximum absolute atomic E-state index is 10.7. The van der Waals surface area contributed by atoms with Gasteiger partial charge in [-0.3, -0.25) is 0 Å². The second-order valence-electron chi connectivity index (χ2n) is 8.60. The van der Waals surface area contributed by atoms with Crippen molar-refractivity contribution in [2.24, 2.45) is 0 Å². The summed E-state index contributed by atoms with van der Waals surface area (Å²) in [5, 5.41) is 147. The second kappa shape index (κ2) is 19.5. The average molecular weight is 766 g/mol. The summed E-state index contributed by atoms with van der Waals surface area (Å²) in [6.07, 6.45) is 0. The molecule has 4 aromatic carbocycles. The second-order valence-corrected chi connectivity index (χ2v) is 8.60. The third-order valence-electron chi connectivity index (χ3n) is 5.19. The molecule has 12 N–H and O–H groups in total. The molecule has 0 aliphatic carbocycles. The van der Waals surface area contributed by atoms with Crippen LogP contribution in [0.1, 0.15) is 41.4 Å². The van der Waals surface area contributed by atoms with E-state index in [4.69, 9.17) is 61.3 Å². The van der Waals surface area contributed by atoms with Crippen molar-refractivity contribution >= 4 is 46.9 Å². The number of carboxylic acid groups (broad SMARTS) is 4. The summed E-state index contributed by atoms with van der Waals surface area (Å²) in [5.74, 6) is -15.3. The van der Waals surface area contributed by atoms with Crippen molar-refractivity contribution in [2.75, 3.05) is 0 Å². The van der Waals surface area contributed by atoms with Gasteiger partial charge in [0.15, 0.2) is 0 Å². The van der Waals surface area contributed by atoms with Crippen LogP contribution in [0.2, 0.25) is 0 Å². The number of aromatic carboxylic acids is 4. The summed E-state index contributed by atoms with van der Waals surface area (Å²) in [5.41, 5.74) is -1.32. The molecule has 22 heteroatoms. The monoisotopic (exact) mass is 764 g/mol. The molecule has 20 nitrogen and oxygen atoms in total. The van der Waals surface area contributed by atoms with Gasteiger partial charge in [-0.05, 0) is 71.5 Å². The van der Waals surface area contributed by atoms with Gasteiger partial charge in [-0.25, -0.2) is 19.2 Å². The van der Waals surface area contributed by atoms with Crippen LogP contribution < -0.4 is 20.4 Å². The molecule has 0 aliphatic rings. The Balaban J connectivity index is 0. The van der Waals surface area contributed by atoms with Gasteiger partial charge < -0.3 is 81.7 Å². The molecule has 256 valence electrons. The molecule has 4 aromatic rings. The summed E-state index contributed by atoms with van der Waals surface area (Å²) >= 11 is 0. The zero-order chi connectivity index (χ0) is 37.2. The molecule has 0 aromatic heterocycles. The van der Waals surface area contributed by atoms with Crippen LogP contribution in [0.25, 0.3) is 0 Å². The number of phenolic OH excluding ortho intramolecular Hbond substituents is 8. The molecule has 0 atom stereocenters. The molecule has 0 fully saturated rings. The van der Waals surface area contributed by atoms with Crippen LogP contribution in [0, 0.1) is 0 Å². The van der Waals surface area contributed by atoms with Crippen molar-refractivity contribution in [1.29, 1.82) is 0 Å². The number of carbonyl (C=O) groups is 4. The maximum atomic E-state index is 10.7. The third kappa shape index (κ3) is 12.7. The summed E-state index contributed by atoms with van der Waals surface area (Å²) in [7, 11) is 0. The number of carboxylic acids is 4. The van der Waals surface area contributed by atoms with Gasteiger partial charge >= 0.3 is 66.4 Å². The Labute approximate surface area is 306 Å². The van der Waals surface area contributed by atoms with E-state index in [0.717, 1.165) is 48.5 Å². The number of rotatable bonds is 4. The fraction of sp³-hybridized carbons (Fsp3) is 0. The Hall–Kier alpha value is -6.25. The smallest absolute Gasteiger partial charge is 0.867 e. The molecule has 0 unspecified atom stereocenters. The topological polar surface area (TPSA) is 403 Å². The fourth-order valence-electron chi connectivity index (χ4n) is 2.89. The maximum Gasteiger partial charge on any atom is 2.00 e. The van der Waals surface area contributed by atoms with Gasteiger partial charge in [0.25, 0.3) is 0 Å². The minimum atomic E-state index is -1.32. The minimum absolute atomic E-state index is 0. The molecule has 50 heavy (non-hydrogen) atoms. The van der Waals surface area contributed by atoms with Gasteiger partial charge in [-0.2, -0.15) is 0 Å². The van der Waals surface area contributed by atoms with Gasteiger partial charge in [-0.15, -0.1) is 0 Å². The standard InChI is InChI=1S/4C7H6O5.Mg.Zn/c4*8-4-1-3(7(11)12)2-5(9)6(4)10;;/h4*1-2,8-10H,(H,11,12);;/q;;;;2*+2/p-4. The summed E-state index contributed by atoms with van der Waals surface area (Å²) in [6.45, 7) is 0. The summed E-state index contributed by atoms with van der Waals surface area (Å²) < 4.78 is 0. The SMILES string of the molecule is O=C(O)c1cc(O)c([O-])c(O)c1.O=C(O)c1cc(O)c([O-])c(O)c1.O=C(O)c1cc(O)c([O-])c(O)c1.O=C(O)c1cc(O)c([O-])c(O)c1.[Mg+2].[Zn+2]. The van der Waals surface area contributed by atoms with Crippen LogP contribution in [0.5, 0.6) is 69.0 Å². The fourth-order valence-corrected chi connectivity index (χ4v) is 2.89. The van der Waals surface area contributed by atoms with Gasteiger partial charge in [0.05, 0.1) is 22.3 Å². The number of aromatic hydroxyl groups is 8. The van der Waals surface area contributed by atoms with Crippen LogP contribution >= 0.6 is 0 Å². The van der Waals surface area contributed by atoms with Gasteiger partial charge in [0.2, 0.25) is 0 Å². The van der Waals surface area contributed by atoms with E-state index < -0.39 is 92.9 Å². The molecular formula is C28H20MgO20Zn. The molecule has 0 spiro atoms. The Kier molecular flexibility index (Phi) is 17.9. The first-order valence-corrected chi connectivity index (χ1v) is 11.9. The van der Waals surface area contributed by atoms with E-state index in [-0.39, 0.29) is 64.8 Å². The first-order valence-electron chi connectivity index (χ1n) is 11.9. The zero-order valence-electron chi connectivity index (χ0n) is 24.7. The van der Waals surface area contributed by atoms with E-state index in [2.05, 4.69) is 0 Å². The first-order chi connectivity index (χ1) is 22.1. The largest absolute Gasteiger partial charge is 2.00 e. The number of benzene rings is 4. The van der Waals surface area contributed by atoms with Crippen LogP contribution in [-0.2, 0) is 19.5 Å². The molecule has 0 heterocycles. The van der Waals surface area contributed by atoms with Gasteiger partial charge in [0.1, 0.15) is 46.0 Å². The zero-order valence-corrected chi connectivity index (χ0v) is 29.0. The van der Waals surface area contributed by atoms with Crippen molar-refractivity contribution < 1.29 is 120 Å². The van der Waals surface area contributed by atoms with E-state index in [0.29, 0.717) is 0 Å². The molecular weight excluding hydrogens is 746 g/mol. The summed E-state index contributed by atoms with van der Waals surface area (Å²) in [4.78, 5) is 41.2. The first kappa shape index (κ1) is 45.9. The van der Waals surface area contributed by atoms with Crippen molar-refractivity contribution in [3.05, 3.63) is 70.8 Å².